The highest BCUT2D eigenvalue weighted by atomic mass is 16.3. The Morgan fingerprint density at radius 3 is 2.68 bits per heavy atom. The molecule has 1 atom stereocenters. The predicted molar refractivity (Wildman–Crippen MR) is 75.7 cm³/mol. The quantitative estimate of drug-likeness (QED) is 0.906. The van der Waals surface area contributed by atoms with Crippen LogP contribution in [0.1, 0.15) is 32.3 Å². The van der Waals surface area contributed by atoms with Gasteiger partial charge in [0.2, 0.25) is 5.91 Å². The fourth-order valence-corrected chi connectivity index (χ4v) is 2.61. The lowest BCUT2D eigenvalue weighted by Gasteiger charge is -2.41. The maximum Gasteiger partial charge on any atom is 0.222 e. The summed E-state index contributed by atoms with van der Waals surface area (Å²) in [6.45, 7) is 5.38. The molecule has 1 unspecified atom stereocenters. The average Bonchev–Trinajstić information content (AvgIpc) is 2.40. The summed E-state index contributed by atoms with van der Waals surface area (Å²) in [5, 5.41) is 9.91. The standard InChI is InChI=1S/C16H23NO2/c1-16(2)12-17(11-10-14(16)18)15(19)9-8-13-6-4-3-5-7-13/h3-7,14,18H,8-12H2,1-2H3. The first-order valence-electron chi connectivity index (χ1n) is 6.99. The number of nitrogens with zero attached hydrogens (tertiary/aromatic N) is 1. The molecule has 1 amide bonds. The zero-order valence-electron chi connectivity index (χ0n) is 11.8. The minimum absolute atomic E-state index is 0.194. The van der Waals surface area contributed by atoms with Crippen molar-refractivity contribution in [2.24, 2.45) is 5.41 Å². The summed E-state index contributed by atoms with van der Waals surface area (Å²) in [5.41, 5.74) is 1.01. The van der Waals surface area contributed by atoms with Gasteiger partial charge in [0.25, 0.3) is 0 Å². The molecule has 3 nitrogen and oxygen atoms in total. The number of piperidine rings is 1. The minimum atomic E-state index is -0.300. The van der Waals surface area contributed by atoms with E-state index in [4.69, 9.17) is 0 Å². The van der Waals surface area contributed by atoms with Crippen LogP contribution >= 0.6 is 0 Å². The molecule has 1 aromatic rings. The van der Waals surface area contributed by atoms with Crippen molar-refractivity contribution >= 4 is 5.91 Å². The molecule has 2 rings (SSSR count). The van der Waals surface area contributed by atoms with Crippen LogP contribution in [0.3, 0.4) is 0 Å². The first-order chi connectivity index (χ1) is 8.99. The summed E-state index contributed by atoms with van der Waals surface area (Å²) in [4.78, 5) is 14.1. The van der Waals surface area contributed by atoms with E-state index in [1.165, 1.54) is 5.56 Å². The van der Waals surface area contributed by atoms with Crippen LogP contribution in [0.2, 0.25) is 0 Å². The molecule has 1 N–H and O–H groups in total. The SMILES string of the molecule is CC1(C)CN(C(=O)CCc2ccccc2)CCC1O. The number of aryl methyl sites for hydroxylation is 1. The molecule has 1 saturated heterocycles. The number of carbonyl (C=O) groups excluding carboxylic acids is 1. The lowest BCUT2D eigenvalue weighted by Crippen LogP contribution is -2.50. The van der Waals surface area contributed by atoms with Crippen LogP contribution in [0.15, 0.2) is 30.3 Å². The number of hydrogen-bond donors (Lipinski definition) is 1. The molecule has 0 radical (unpaired) electrons. The summed E-state index contributed by atoms with van der Waals surface area (Å²) >= 11 is 0. The fraction of sp³-hybridized carbons (Fsp3) is 0.562. The molecule has 3 heteroatoms. The summed E-state index contributed by atoms with van der Waals surface area (Å²) in [6, 6.07) is 10.1. The van der Waals surface area contributed by atoms with Crippen molar-refractivity contribution in [3.63, 3.8) is 0 Å². The van der Waals surface area contributed by atoms with Crippen LogP contribution in [0.25, 0.3) is 0 Å². The third kappa shape index (κ3) is 3.57. The number of rotatable bonds is 3. The number of amides is 1. The average molecular weight is 261 g/mol. The van der Waals surface area contributed by atoms with Crippen molar-refractivity contribution in [2.45, 2.75) is 39.2 Å². The van der Waals surface area contributed by atoms with E-state index in [0.717, 1.165) is 6.42 Å². The third-order valence-corrected chi connectivity index (χ3v) is 4.00. The van der Waals surface area contributed by atoms with Crippen LogP contribution in [-0.4, -0.2) is 35.1 Å². The third-order valence-electron chi connectivity index (χ3n) is 4.00. The van der Waals surface area contributed by atoms with Crippen LogP contribution in [0.5, 0.6) is 0 Å². The minimum Gasteiger partial charge on any atom is -0.392 e. The van der Waals surface area contributed by atoms with Gasteiger partial charge in [-0.25, -0.2) is 0 Å². The highest BCUT2D eigenvalue weighted by Gasteiger charge is 2.36. The second-order valence-corrected chi connectivity index (χ2v) is 6.09. The lowest BCUT2D eigenvalue weighted by molar-refractivity contribution is -0.137. The van der Waals surface area contributed by atoms with Gasteiger partial charge in [-0.15, -0.1) is 0 Å². The smallest absolute Gasteiger partial charge is 0.222 e. The molecule has 1 heterocycles. The fourth-order valence-electron chi connectivity index (χ4n) is 2.61. The van der Waals surface area contributed by atoms with Gasteiger partial charge in [-0.05, 0) is 18.4 Å². The van der Waals surface area contributed by atoms with E-state index in [9.17, 15) is 9.90 Å². The number of likely N-dealkylation sites (tertiary alicyclic amines) is 1. The zero-order valence-corrected chi connectivity index (χ0v) is 11.8. The van der Waals surface area contributed by atoms with Crippen molar-refractivity contribution in [3.05, 3.63) is 35.9 Å². The van der Waals surface area contributed by atoms with E-state index in [1.807, 2.05) is 36.9 Å². The maximum atomic E-state index is 12.2. The highest BCUT2D eigenvalue weighted by Crippen LogP contribution is 2.29. The van der Waals surface area contributed by atoms with Gasteiger partial charge in [-0.2, -0.15) is 0 Å². The molecule has 1 aromatic carbocycles. The summed E-state index contributed by atoms with van der Waals surface area (Å²) in [6.07, 6.45) is 1.73. The Kier molecular flexibility index (Phi) is 4.25. The van der Waals surface area contributed by atoms with E-state index in [1.54, 1.807) is 0 Å². The number of benzene rings is 1. The van der Waals surface area contributed by atoms with Crippen LogP contribution in [0.4, 0.5) is 0 Å². The molecular weight excluding hydrogens is 238 g/mol. The van der Waals surface area contributed by atoms with E-state index in [0.29, 0.717) is 25.9 Å². The number of carbonyl (C=O) groups is 1. The molecule has 0 bridgehead atoms. The molecule has 19 heavy (non-hydrogen) atoms. The maximum absolute atomic E-state index is 12.2. The number of aliphatic hydroxyl groups is 1. The van der Waals surface area contributed by atoms with E-state index in [-0.39, 0.29) is 17.4 Å². The highest BCUT2D eigenvalue weighted by molar-refractivity contribution is 5.76. The van der Waals surface area contributed by atoms with Crippen molar-refractivity contribution in [1.29, 1.82) is 0 Å². The van der Waals surface area contributed by atoms with Crippen molar-refractivity contribution in [1.82, 2.24) is 4.90 Å². The molecule has 104 valence electrons. The molecule has 1 aliphatic rings. The van der Waals surface area contributed by atoms with Crippen molar-refractivity contribution in [3.8, 4) is 0 Å². The van der Waals surface area contributed by atoms with Crippen LogP contribution in [0, 0.1) is 5.41 Å². The second-order valence-electron chi connectivity index (χ2n) is 6.09. The largest absolute Gasteiger partial charge is 0.392 e. The topological polar surface area (TPSA) is 40.5 Å². The Morgan fingerprint density at radius 2 is 2.05 bits per heavy atom. The van der Waals surface area contributed by atoms with Crippen molar-refractivity contribution < 1.29 is 9.90 Å². The summed E-state index contributed by atoms with van der Waals surface area (Å²) < 4.78 is 0. The summed E-state index contributed by atoms with van der Waals surface area (Å²) in [5.74, 6) is 0.198. The normalized spacial score (nSPS) is 22.3. The first-order valence-corrected chi connectivity index (χ1v) is 6.99. The molecule has 0 saturated carbocycles. The monoisotopic (exact) mass is 261 g/mol. The van der Waals surface area contributed by atoms with Gasteiger partial charge >= 0.3 is 0 Å². The Hall–Kier alpha value is -1.35. The Bertz CT molecular complexity index is 428. The Morgan fingerprint density at radius 1 is 1.37 bits per heavy atom. The molecule has 0 aliphatic carbocycles. The van der Waals surface area contributed by atoms with Gasteiger partial charge in [-0.1, -0.05) is 44.2 Å². The molecular formula is C16H23NO2. The first kappa shape index (κ1) is 14.1. The summed E-state index contributed by atoms with van der Waals surface area (Å²) in [7, 11) is 0. The van der Waals surface area contributed by atoms with E-state index < -0.39 is 0 Å². The van der Waals surface area contributed by atoms with Gasteiger partial charge in [-0.3, -0.25) is 4.79 Å². The molecule has 0 aromatic heterocycles. The van der Waals surface area contributed by atoms with Gasteiger partial charge in [0.1, 0.15) is 0 Å². The Balaban J connectivity index is 1.87. The predicted octanol–water partition coefficient (Wildman–Crippen LogP) is 2.24. The van der Waals surface area contributed by atoms with Crippen LogP contribution in [-0.2, 0) is 11.2 Å². The van der Waals surface area contributed by atoms with Gasteiger partial charge in [0.05, 0.1) is 6.10 Å². The zero-order chi connectivity index (χ0) is 13.9. The van der Waals surface area contributed by atoms with Gasteiger partial charge in [0, 0.05) is 24.9 Å². The van der Waals surface area contributed by atoms with E-state index >= 15 is 0 Å². The van der Waals surface area contributed by atoms with Crippen LogP contribution < -0.4 is 0 Å². The molecule has 1 aliphatic heterocycles. The number of aliphatic hydroxyl groups excluding tert-OH is 1. The van der Waals surface area contributed by atoms with Crippen molar-refractivity contribution in [2.75, 3.05) is 13.1 Å². The molecule has 1 fully saturated rings. The Labute approximate surface area is 115 Å². The van der Waals surface area contributed by atoms with E-state index in [2.05, 4.69) is 12.1 Å². The lowest BCUT2D eigenvalue weighted by atomic mass is 9.81. The van der Waals surface area contributed by atoms with Gasteiger partial charge in [0.15, 0.2) is 0 Å². The molecule has 0 spiro atoms. The van der Waals surface area contributed by atoms with Gasteiger partial charge < -0.3 is 10.0 Å². The number of hydrogen-bond acceptors (Lipinski definition) is 2. The second kappa shape index (κ2) is 5.74.